The summed E-state index contributed by atoms with van der Waals surface area (Å²) in [6.45, 7) is 0. The first-order valence-corrected chi connectivity index (χ1v) is 10.6. The van der Waals surface area contributed by atoms with Crippen LogP contribution in [0.1, 0.15) is 0 Å². The highest BCUT2D eigenvalue weighted by Gasteiger charge is 2.19. The number of rotatable bonds is 0. The second-order valence-corrected chi connectivity index (χ2v) is 8.70. The van der Waals surface area contributed by atoms with E-state index in [0.717, 1.165) is 26.5 Å². The third-order valence-corrected chi connectivity index (χ3v) is 7.34. The number of nitrogens with zero attached hydrogens (tertiary/aromatic N) is 1. The predicted molar refractivity (Wildman–Crippen MR) is 127 cm³/mol. The van der Waals surface area contributed by atoms with Crippen LogP contribution < -0.4 is 10.9 Å². The molecular weight excluding hydrogens is 390 g/mol. The largest absolute Gasteiger partial charge is 0.307 e. The van der Waals surface area contributed by atoms with E-state index in [0.29, 0.717) is 21.7 Å². The fraction of sp³-hybridized carbons (Fsp3) is 0. The van der Waals surface area contributed by atoms with Crippen molar-refractivity contribution in [3.8, 4) is 0 Å². The molecule has 0 aliphatic carbocycles. The third kappa shape index (κ3) is 1.80. The Kier molecular flexibility index (Phi) is 2.91. The highest BCUT2D eigenvalue weighted by Crippen LogP contribution is 2.38. The van der Waals surface area contributed by atoms with Gasteiger partial charge in [0.25, 0.3) is 0 Å². The molecular formula is C26H13NO2S. The number of aromatic nitrogens is 1. The quantitative estimate of drug-likeness (QED) is 0.233. The Labute approximate surface area is 173 Å². The molecule has 7 aromatic rings. The van der Waals surface area contributed by atoms with Gasteiger partial charge in [0.15, 0.2) is 10.9 Å². The van der Waals surface area contributed by atoms with E-state index in [1.54, 1.807) is 11.3 Å². The lowest BCUT2D eigenvalue weighted by Crippen LogP contribution is -2.13. The molecule has 0 saturated carbocycles. The maximum absolute atomic E-state index is 13.7. The summed E-state index contributed by atoms with van der Waals surface area (Å²) < 4.78 is 4.27. The van der Waals surface area contributed by atoms with Crippen LogP contribution in [0.15, 0.2) is 88.5 Å². The number of benzene rings is 4. The lowest BCUT2D eigenvalue weighted by Gasteiger charge is -2.14. The van der Waals surface area contributed by atoms with Gasteiger partial charge in [-0.25, -0.2) is 0 Å². The number of fused-ring (bicyclic) bond motifs is 8. The number of hydrogen-bond acceptors (Lipinski definition) is 3. The Morgan fingerprint density at radius 2 is 1.27 bits per heavy atom. The maximum Gasteiger partial charge on any atom is 0.198 e. The smallest absolute Gasteiger partial charge is 0.198 e. The van der Waals surface area contributed by atoms with Crippen LogP contribution in [0.5, 0.6) is 0 Å². The summed E-state index contributed by atoms with van der Waals surface area (Å²) in [6.07, 6.45) is 0. The molecule has 4 heteroatoms. The van der Waals surface area contributed by atoms with E-state index >= 15 is 0 Å². The lowest BCUT2D eigenvalue weighted by atomic mass is 10.0. The van der Waals surface area contributed by atoms with Crippen molar-refractivity contribution in [3.05, 3.63) is 99.3 Å². The Bertz CT molecular complexity index is 1950. The molecule has 0 aliphatic heterocycles. The van der Waals surface area contributed by atoms with Gasteiger partial charge in [-0.05, 0) is 36.4 Å². The minimum atomic E-state index is -0.0297. The first kappa shape index (κ1) is 16.1. The second-order valence-electron chi connectivity index (χ2n) is 7.65. The Hall–Kier alpha value is -3.76. The molecule has 0 N–H and O–H groups in total. The molecule has 140 valence electrons. The van der Waals surface area contributed by atoms with Crippen LogP contribution >= 0.6 is 11.3 Å². The number of pyridine rings is 2. The Morgan fingerprint density at radius 3 is 2.13 bits per heavy atom. The number of hydrogen-bond donors (Lipinski definition) is 0. The summed E-state index contributed by atoms with van der Waals surface area (Å²) in [4.78, 5) is 26.9. The average molecular weight is 403 g/mol. The van der Waals surface area contributed by atoms with Crippen molar-refractivity contribution in [1.29, 1.82) is 0 Å². The minimum absolute atomic E-state index is 0.0116. The Morgan fingerprint density at radius 1 is 0.567 bits per heavy atom. The third-order valence-electron chi connectivity index (χ3n) is 6.13. The second kappa shape index (κ2) is 5.43. The van der Waals surface area contributed by atoms with E-state index in [4.69, 9.17) is 0 Å². The van der Waals surface area contributed by atoms with Gasteiger partial charge in [0, 0.05) is 36.3 Å². The standard InChI is InChI=1S/C26H13NO2S/c28-24-16-7-1-3-10-19(16)27-20-13-12-15-14-6-2-4-11-21(14)30-26(15)22(20)25(29)18-9-5-8-17(24)23(18)27/h1-13H. The normalized spacial score (nSPS) is 12.3. The summed E-state index contributed by atoms with van der Waals surface area (Å²) in [7, 11) is 0. The van der Waals surface area contributed by atoms with Crippen molar-refractivity contribution in [2.75, 3.05) is 0 Å². The molecule has 0 radical (unpaired) electrons. The van der Waals surface area contributed by atoms with Crippen LogP contribution in [0, 0.1) is 0 Å². The average Bonchev–Trinajstić information content (AvgIpc) is 3.17. The van der Waals surface area contributed by atoms with Crippen LogP contribution in [0.2, 0.25) is 0 Å². The van der Waals surface area contributed by atoms with E-state index < -0.39 is 0 Å². The van der Waals surface area contributed by atoms with Gasteiger partial charge in [-0.1, -0.05) is 42.5 Å². The molecule has 7 rings (SSSR count). The summed E-state index contributed by atoms with van der Waals surface area (Å²) in [5.41, 5.74) is 2.34. The molecule has 30 heavy (non-hydrogen) atoms. The number of para-hydroxylation sites is 2. The molecule has 0 unspecified atom stereocenters. The van der Waals surface area contributed by atoms with Gasteiger partial charge in [0.1, 0.15) is 0 Å². The highest BCUT2D eigenvalue weighted by atomic mass is 32.1. The fourth-order valence-electron chi connectivity index (χ4n) is 4.85. The van der Waals surface area contributed by atoms with Crippen LogP contribution in [-0.4, -0.2) is 4.40 Å². The Balaban J connectivity index is 1.92. The van der Waals surface area contributed by atoms with Gasteiger partial charge >= 0.3 is 0 Å². The lowest BCUT2D eigenvalue weighted by molar-refractivity contribution is 1.31. The van der Waals surface area contributed by atoms with Crippen molar-refractivity contribution in [1.82, 2.24) is 4.40 Å². The zero-order chi connectivity index (χ0) is 20.0. The molecule has 0 fully saturated rings. The van der Waals surface area contributed by atoms with Crippen LogP contribution in [-0.2, 0) is 0 Å². The van der Waals surface area contributed by atoms with Crippen molar-refractivity contribution in [2.45, 2.75) is 0 Å². The SMILES string of the molecule is O=c1c2ccccc2n2c3ccc4c5ccccc5sc4c3c(=O)c3cccc1c32. The zero-order valence-corrected chi connectivity index (χ0v) is 16.5. The molecule has 4 aromatic carbocycles. The fourth-order valence-corrected chi connectivity index (χ4v) is 6.09. The summed E-state index contributed by atoms with van der Waals surface area (Å²) in [5.74, 6) is 0. The highest BCUT2D eigenvalue weighted by molar-refractivity contribution is 7.26. The van der Waals surface area contributed by atoms with E-state index in [1.807, 2.05) is 60.7 Å². The first-order valence-electron chi connectivity index (χ1n) is 9.80. The van der Waals surface area contributed by atoms with E-state index in [9.17, 15) is 9.59 Å². The van der Waals surface area contributed by atoms with Gasteiger partial charge < -0.3 is 4.40 Å². The van der Waals surface area contributed by atoms with Gasteiger partial charge in [0.2, 0.25) is 0 Å². The molecule has 0 saturated heterocycles. The first-order chi connectivity index (χ1) is 14.7. The predicted octanol–water partition coefficient (Wildman–Crippen LogP) is 5.93. The minimum Gasteiger partial charge on any atom is -0.307 e. The summed E-state index contributed by atoms with van der Waals surface area (Å²) in [5, 5.41) is 4.83. The van der Waals surface area contributed by atoms with Gasteiger partial charge in [-0.2, -0.15) is 0 Å². The summed E-state index contributed by atoms with van der Waals surface area (Å²) >= 11 is 1.66. The maximum atomic E-state index is 13.7. The van der Waals surface area contributed by atoms with E-state index in [-0.39, 0.29) is 10.9 Å². The summed E-state index contributed by atoms with van der Waals surface area (Å²) in [6, 6.07) is 25.5. The zero-order valence-electron chi connectivity index (χ0n) is 15.7. The molecule has 0 atom stereocenters. The molecule has 0 amide bonds. The van der Waals surface area contributed by atoms with Crippen molar-refractivity contribution in [3.63, 3.8) is 0 Å². The van der Waals surface area contributed by atoms with Gasteiger partial charge in [-0.15, -0.1) is 11.3 Å². The molecule has 0 bridgehead atoms. The molecule has 0 aliphatic rings. The van der Waals surface area contributed by atoms with Crippen LogP contribution in [0.4, 0.5) is 0 Å². The number of thiophene rings is 1. The van der Waals surface area contributed by atoms with Gasteiger partial charge in [-0.3, -0.25) is 9.59 Å². The van der Waals surface area contributed by atoms with Crippen molar-refractivity contribution >= 4 is 69.6 Å². The molecule has 0 spiro atoms. The molecule has 3 aromatic heterocycles. The van der Waals surface area contributed by atoms with Crippen molar-refractivity contribution in [2.24, 2.45) is 0 Å². The molecule has 3 heterocycles. The van der Waals surface area contributed by atoms with Crippen molar-refractivity contribution < 1.29 is 0 Å². The topological polar surface area (TPSA) is 38.5 Å². The van der Waals surface area contributed by atoms with Gasteiger partial charge in [0.05, 0.1) is 21.9 Å². The van der Waals surface area contributed by atoms with Crippen LogP contribution in [0.3, 0.4) is 0 Å². The van der Waals surface area contributed by atoms with E-state index in [2.05, 4.69) is 22.6 Å². The van der Waals surface area contributed by atoms with Crippen LogP contribution in [0.25, 0.3) is 58.3 Å². The molecule has 3 nitrogen and oxygen atoms in total. The monoisotopic (exact) mass is 403 g/mol. The van der Waals surface area contributed by atoms with E-state index in [1.165, 1.54) is 10.1 Å².